The fraction of sp³-hybridized carbons (Fsp3) is 0.0455. The van der Waals surface area contributed by atoms with Gasteiger partial charge >= 0.3 is 0 Å². The highest BCUT2D eigenvalue weighted by atomic mass is 16.5. The molecule has 4 aromatic carbocycles. The summed E-state index contributed by atoms with van der Waals surface area (Å²) in [5.74, 6) is 0.606. The second-order valence-electron chi connectivity index (χ2n) is 5.76. The molecule has 0 saturated carbocycles. The molecule has 0 spiro atoms. The first-order chi connectivity index (χ1) is 11.8. The van der Waals surface area contributed by atoms with Crippen LogP contribution < -0.4 is 4.74 Å². The van der Waals surface area contributed by atoms with Gasteiger partial charge in [-0.1, -0.05) is 66.7 Å². The highest BCUT2D eigenvalue weighted by Crippen LogP contribution is 2.31. The van der Waals surface area contributed by atoms with Crippen LogP contribution in [0.4, 0.5) is 0 Å². The first-order valence-corrected chi connectivity index (χ1v) is 7.87. The van der Waals surface area contributed by atoms with Crippen molar-refractivity contribution in [3.05, 3.63) is 90.0 Å². The molecule has 4 aromatic rings. The van der Waals surface area contributed by atoms with Crippen LogP contribution in [0, 0.1) is 0 Å². The summed E-state index contributed by atoms with van der Waals surface area (Å²) in [6.07, 6.45) is 0. The molecule has 0 unspecified atom stereocenters. The number of ether oxygens (including phenoxy) is 1. The molecule has 2 heteroatoms. The monoisotopic (exact) mass is 312 g/mol. The van der Waals surface area contributed by atoms with Gasteiger partial charge in [0, 0.05) is 10.9 Å². The minimum Gasteiger partial charge on any atom is -0.495 e. The average molecular weight is 312 g/mol. The predicted molar refractivity (Wildman–Crippen MR) is 97.9 cm³/mol. The number of fused-ring (bicyclic) bond motifs is 2. The number of hydrogen-bond donors (Lipinski definition) is 0. The van der Waals surface area contributed by atoms with E-state index in [1.165, 1.54) is 0 Å². The summed E-state index contributed by atoms with van der Waals surface area (Å²) in [5.41, 5.74) is 1.26. The van der Waals surface area contributed by atoms with Gasteiger partial charge in [0.15, 0.2) is 5.78 Å². The minimum absolute atomic E-state index is 0.0247. The van der Waals surface area contributed by atoms with E-state index in [-0.39, 0.29) is 5.78 Å². The van der Waals surface area contributed by atoms with E-state index < -0.39 is 0 Å². The molecule has 4 rings (SSSR count). The van der Waals surface area contributed by atoms with Crippen molar-refractivity contribution < 1.29 is 9.53 Å². The molecule has 0 aliphatic heterocycles. The van der Waals surface area contributed by atoms with Crippen molar-refractivity contribution in [2.75, 3.05) is 7.11 Å². The molecular weight excluding hydrogens is 296 g/mol. The van der Waals surface area contributed by atoms with Crippen LogP contribution in [0.25, 0.3) is 21.5 Å². The van der Waals surface area contributed by atoms with E-state index >= 15 is 0 Å². The molecule has 0 heterocycles. The maximum absolute atomic E-state index is 13.0. The van der Waals surface area contributed by atoms with Crippen molar-refractivity contribution >= 4 is 27.3 Å². The lowest BCUT2D eigenvalue weighted by Crippen LogP contribution is -2.04. The quantitative estimate of drug-likeness (QED) is 0.484. The molecule has 0 aliphatic carbocycles. The fourth-order valence-corrected chi connectivity index (χ4v) is 3.13. The molecule has 0 radical (unpaired) electrons. The number of rotatable bonds is 3. The van der Waals surface area contributed by atoms with Crippen LogP contribution in [-0.2, 0) is 0 Å². The Kier molecular flexibility index (Phi) is 3.51. The van der Waals surface area contributed by atoms with E-state index in [4.69, 9.17) is 4.74 Å². The molecule has 0 N–H and O–H groups in total. The third-order valence-corrected chi connectivity index (χ3v) is 4.34. The summed E-state index contributed by atoms with van der Waals surface area (Å²) in [6.45, 7) is 0. The van der Waals surface area contributed by atoms with Crippen molar-refractivity contribution in [2.45, 2.75) is 0 Å². The van der Waals surface area contributed by atoms with Gasteiger partial charge in [0.1, 0.15) is 5.75 Å². The topological polar surface area (TPSA) is 26.3 Å². The summed E-state index contributed by atoms with van der Waals surface area (Å²) < 4.78 is 5.57. The van der Waals surface area contributed by atoms with E-state index in [9.17, 15) is 4.79 Å². The van der Waals surface area contributed by atoms with Gasteiger partial charge in [-0.3, -0.25) is 4.79 Å². The smallest absolute Gasteiger partial charge is 0.196 e. The SMILES string of the molecule is COc1c(C(=O)c2ccc3ccccc3c2)ccc2ccccc12. The Morgan fingerprint density at radius 1 is 0.750 bits per heavy atom. The lowest BCUT2D eigenvalue weighted by molar-refractivity contribution is 0.103. The molecule has 0 aliphatic rings. The third kappa shape index (κ3) is 2.33. The number of benzene rings is 4. The summed E-state index contributed by atoms with van der Waals surface area (Å²) in [5, 5.41) is 4.19. The number of carbonyl (C=O) groups excluding carboxylic acids is 1. The first-order valence-electron chi connectivity index (χ1n) is 7.87. The van der Waals surface area contributed by atoms with E-state index in [0.29, 0.717) is 16.9 Å². The Morgan fingerprint density at radius 2 is 1.42 bits per heavy atom. The lowest BCUT2D eigenvalue weighted by atomic mass is 9.97. The van der Waals surface area contributed by atoms with Gasteiger partial charge in [-0.15, -0.1) is 0 Å². The van der Waals surface area contributed by atoms with Crippen molar-refractivity contribution in [1.29, 1.82) is 0 Å². The maximum atomic E-state index is 13.0. The zero-order valence-electron chi connectivity index (χ0n) is 13.3. The van der Waals surface area contributed by atoms with Gasteiger partial charge in [-0.2, -0.15) is 0 Å². The van der Waals surface area contributed by atoms with Gasteiger partial charge in [-0.05, 0) is 28.3 Å². The van der Waals surface area contributed by atoms with Crippen LogP contribution in [0.15, 0.2) is 78.9 Å². The summed E-state index contributed by atoms with van der Waals surface area (Å²) in [6, 6.07) is 25.6. The van der Waals surface area contributed by atoms with Gasteiger partial charge in [0.05, 0.1) is 12.7 Å². The zero-order valence-corrected chi connectivity index (χ0v) is 13.3. The Balaban J connectivity index is 1.87. The minimum atomic E-state index is -0.0247. The molecular formula is C22H16O2. The molecule has 0 aromatic heterocycles. The Bertz CT molecular complexity index is 1060. The normalized spacial score (nSPS) is 10.9. The molecule has 0 saturated heterocycles. The lowest BCUT2D eigenvalue weighted by Gasteiger charge is -2.11. The van der Waals surface area contributed by atoms with Crippen LogP contribution in [0.2, 0.25) is 0 Å². The zero-order chi connectivity index (χ0) is 16.5. The average Bonchev–Trinajstić information content (AvgIpc) is 2.66. The summed E-state index contributed by atoms with van der Waals surface area (Å²) in [7, 11) is 1.61. The molecule has 24 heavy (non-hydrogen) atoms. The Morgan fingerprint density at radius 3 is 2.21 bits per heavy atom. The van der Waals surface area contributed by atoms with Crippen LogP contribution in [0.1, 0.15) is 15.9 Å². The van der Waals surface area contributed by atoms with Crippen LogP contribution >= 0.6 is 0 Å². The van der Waals surface area contributed by atoms with Crippen molar-refractivity contribution in [3.8, 4) is 5.75 Å². The van der Waals surface area contributed by atoms with Gasteiger partial charge in [0.2, 0.25) is 0 Å². The molecule has 0 atom stereocenters. The molecule has 0 bridgehead atoms. The predicted octanol–water partition coefficient (Wildman–Crippen LogP) is 5.23. The Labute approximate surface area is 140 Å². The second-order valence-corrected chi connectivity index (χ2v) is 5.76. The largest absolute Gasteiger partial charge is 0.495 e. The van der Waals surface area contributed by atoms with E-state index in [0.717, 1.165) is 21.5 Å². The van der Waals surface area contributed by atoms with E-state index in [1.54, 1.807) is 7.11 Å². The van der Waals surface area contributed by atoms with E-state index in [1.807, 2.05) is 78.9 Å². The number of carbonyl (C=O) groups is 1. The number of hydrogen-bond acceptors (Lipinski definition) is 2. The number of ketones is 1. The van der Waals surface area contributed by atoms with Gasteiger partial charge in [0.25, 0.3) is 0 Å². The molecule has 0 amide bonds. The van der Waals surface area contributed by atoms with Crippen LogP contribution in [0.3, 0.4) is 0 Å². The molecule has 2 nitrogen and oxygen atoms in total. The third-order valence-electron chi connectivity index (χ3n) is 4.34. The fourth-order valence-electron chi connectivity index (χ4n) is 3.13. The summed E-state index contributed by atoms with van der Waals surface area (Å²) >= 11 is 0. The van der Waals surface area contributed by atoms with Crippen molar-refractivity contribution in [3.63, 3.8) is 0 Å². The second kappa shape index (κ2) is 5.82. The van der Waals surface area contributed by atoms with E-state index in [2.05, 4.69) is 0 Å². The molecule has 116 valence electrons. The number of methoxy groups -OCH3 is 1. The van der Waals surface area contributed by atoms with Crippen molar-refractivity contribution in [2.24, 2.45) is 0 Å². The van der Waals surface area contributed by atoms with Crippen LogP contribution in [-0.4, -0.2) is 12.9 Å². The van der Waals surface area contributed by atoms with Gasteiger partial charge < -0.3 is 4.74 Å². The van der Waals surface area contributed by atoms with Crippen LogP contribution in [0.5, 0.6) is 5.75 Å². The van der Waals surface area contributed by atoms with Crippen molar-refractivity contribution in [1.82, 2.24) is 0 Å². The maximum Gasteiger partial charge on any atom is 0.196 e. The summed E-state index contributed by atoms with van der Waals surface area (Å²) in [4.78, 5) is 13.0. The highest BCUT2D eigenvalue weighted by Gasteiger charge is 2.17. The van der Waals surface area contributed by atoms with Gasteiger partial charge in [-0.25, -0.2) is 0 Å². The highest BCUT2D eigenvalue weighted by molar-refractivity contribution is 6.14. The standard InChI is InChI=1S/C22H16O2/c1-24-22-19-9-5-4-7-16(19)12-13-20(22)21(23)18-11-10-15-6-2-3-8-17(15)14-18/h2-14H,1H3. The first kappa shape index (κ1) is 14.5. The Hall–Kier alpha value is -3.13. The molecule has 0 fully saturated rings.